The smallest absolute Gasteiger partial charge is 0.0431 e. The summed E-state index contributed by atoms with van der Waals surface area (Å²) < 4.78 is 0. The van der Waals surface area contributed by atoms with Crippen molar-refractivity contribution in [3.8, 4) is 0 Å². The third-order valence-electron chi connectivity index (χ3n) is 2.27. The molecule has 0 spiro atoms. The van der Waals surface area contributed by atoms with Crippen molar-refractivity contribution in [3.05, 3.63) is 0 Å². The minimum absolute atomic E-state index is 0.334. The van der Waals surface area contributed by atoms with Crippen molar-refractivity contribution >= 4 is 0 Å². The minimum Gasteiger partial charge on any atom is -0.396 e. The summed E-state index contributed by atoms with van der Waals surface area (Å²) >= 11 is 0. The molecule has 0 bridgehead atoms. The van der Waals surface area contributed by atoms with Crippen LogP contribution in [-0.2, 0) is 0 Å². The second-order valence-corrected chi connectivity index (χ2v) is 3.36. The summed E-state index contributed by atoms with van der Waals surface area (Å²) in [4.78, 5) is 2.37. The maximum absolute atomic E-state index is 8.58. The van der Waals surface area contributed by atoms with Crippen LogP contribution in [-0.4, -0.2) is 42.8 Å². The Bertz CT molecular complexity index is 98.9. The minimum atomic E-state index is 0.334. The van der Waals surface area contributed by atoms with Crippen LogP contribution in [0.5, 0.6) is 0 Å². The van der Waals surface area contributed by atoms with Gasteiger partial charge in [-0.15, -0.1) is 0 Å². The van der Waals surface area contributed by atoms with Crippen molar-refractivity contribution in [1.29, 1.82) is 0 Å². The molecule has 0 saturated heterocycles. The van der Waals surface area contributed by atoms with Gasteiger partial charge in [0.05, 0.1) is 0 Å². The van der Waals surface area contributed by atoms with E-state index in [0.717, 1.165) is 39.0 Å². The van der Waals surface area contributed by atoms with Gasteiger partial charge >= 0.3 is 0 Å². The molecule has 0 atom stereocenters. The van der Waals surface area contributed by atoms with Crippen LogP contribution < -0.4 is 5.73 Å². The molecule has 0 radical (unpaired) electrons. The van der Waals surface area contributed by atoms with E-state index < -0.39 is 0 Å². The van der Waals surface area contributed by atoms with Gasteiger partial charge in [-0.05, 0) is 25.9 Å². The number of rotatable bonds is 9. The molecule has 0 aromatic carbocycles. The van der Waals surface area contributed by atoms with Crippen molar-refractivity contribution < 1.29 is 5.11 Å². The summed E-state index contributed by atoms with van der Waals surface area (Å²) in [6.07, 6.45) is 4.55. The molecule has 3 nitrogen and oxygen atoms in total. The predicted molar refractivity (Wildman–Crippen MR) is 56.7 cm³/mol. The van der Waals surface area contributed by atoms with Crippen LogP contribution in [0.4, 0.5) is 0 Å². The number of nitrogens with two attached hydrogens (primary N) is 1. The lowest BCUT2D eigenvalue weighted by Crippen LogP contribution is -2.30. The topological polar surface area (TPSA) is 49.5 Å². The lowest BCUT2D eigenvalue weighted by atomic mass is 10.2. The molecule has 3 heteroatoms. The van der Waals surface area contributed by atoms with Crippen LogP contribution in [0.2, 0.25) is 0 Å². The first kappa shape index (κ1) is 12.9. The summed E-state index contributed by atoms with van der Waals surface area (Å²) in [7, 11) is 0. The average Bonchev–Trinajstić information content (AvgIpc) is 2.16. The molecule has 3 N–H and O–H groups in total. The molecular formula is C10H24N2O. The summed E-state index contributed by atoms with van der Waals surface area (Å²) in [6, 6.07) is 0. The third-order valence-corrected chi connectivity index (χ3v) is 2.27. The highest BCUT2D eigenvalue weighted by atomic mass is 16.2. The Kier molecular flexibility index (Phi) is 9.87. The highest BCUT2D eigenvalue weighted by Gasteiger charge is 1.99. The molecule has 0 aliphatic heterocycles. The number of unbranched alkanes of at least 4 members (excludes halogenated alkanes) is 3. The largest absolute Gasteiger partial charge is 0.396 e. The van der Waals surface area contributed by atoms with E-state index in [0.29, 0.717) is 6.61 Å². The molecule has 0 heterocycles. The molecule has 0 saturated carbocycles. The van der Waals surface area contributed by atoms with E-state index in [9.17, 15) is 0 Å². The molecule has 0 aromatic heterocycles. The Morgan fingerprint density at radius 3 is 2.31 bits per heavy atom. The van der Waals surface area contributed by atoms with E-state index in [4.69, 9.17) is 10.8 Å². The van der Waals surface area contributed by atoms with E-state index in [1.807, 2.05) is 0 Å². The van der Waals surface area contributed by atoms with Crippen LogP contribution in [0.15, 0.2) is 0 Å². The maximum Gasteiger partial charge on any atom is 0.0431 e. The molecule has 13 heavy (non-hydrogen) atoms. The van der Waals surface area contributed by atoms with Gasteiger partial charge < -0.3 is 15.7 Å². The number of aliphatic hydroxyl groups excluding tert-OH is 1. The third kappa shape index (κ3) is 8.22. The van der Waals surface area contributed by atoms with Crippen molar-refractivity contribution in [2.24, 2.45) is 5.73 Å². The van der Waals surface area contributed by atoms with Gasteiger partial charge in [0.25, 0.3) is 0 Å². The van der Waals surface area contributed by atoms with E-state index in [1.165, 1.54) is 12.8 Å². The average molecular weight is 188 g/mol. The number of hydrogen-bond donors (Lipinski definition) is 2. The quantitative estimate of drug-likeness (QED) is 0.527. The summed E-state index contributed by atoms with van der Waals surface area (Å²) in [6.45, 7) is 6.51. The summed E-state index contributed by atoms with van der Waals surface area (Å²) in [5, 5.41) is 8.58. The first-order valence-electron chi connectivity index (χ1n) is 5.38. The monoisotopic (exact) mass is 188 g/mol. The molecular weight excluding hydrogens is 164 g/mol. The first-order chi connectivity index (χ1) is 6.35. The summed E-state index contributed by atoms with van der Waals surface area (Å²) in [5.41, 5.74) is 5.48. The highest BCUT2D eigenvalue weighted by molar-refractivity contribution is 4.55. The Labute approximate surface area is 81.9 Å². The SMILES string of the molecule is CCN(CCN)CCCCCCO. The van der Waals surface area contributed by atoms with Crippen LogP contribution in [0.3, 0.4) is 0 Å². The van der Waals surface area contributed by atoms with Crippen molar-refractivity contribution in [2.45, 2.75) is 32.6 Å². The Morgan fingerprint density at radius 2 is 1.77 bits per heavy atom. The van der Waals surface area contributed by atoms with E-state index in [1.54, 1.807) is 0 Å². The normalized spacial score (nSPS) is 11.1. The molecule has 0 unspecified atom stereocenters. The fraction of sp³-hybridized carbons (Fsp3) is 1.00. The number of hydrogen-bond acceptors (Lipinski definition) is 3. The molecule has 80 valence electrons. The van der Waals surface area contributed by atoms with Crippen LogP contribution in [0, 0.1) is 0 Å². The van der Waals surface area contributed by atoms with Crippen LogP contribution in [0.25, 0.3) is 0 Å². The van der Waals surface area contributed by atoms with Gasteiger partial charge in [-0.3, -0.25) is 0 Å². The van der Waals surface area contributed by atoms with Crippen molar-refractivity contribution in [1.82, 2.24) is 4.90 Å². The van der Waals surface area contributed by atoms with Gasteiger partial charge in [0.2, 0.25) is 0 Å². The van der Waals surface area contributed by atoms with E-state index in [-0.39, 0.29) is 0 Å². The molecule has 0 rings (SSSR count). The number of nitrogens with zero attached hydrogens (tertiary/aromatic N) is 1. The van der Waals surface area contributed by atoms with E-state index >= 15 is 0 Å². The molecule has 0 aliphatic carbocycles. The molecule has 0 amide bonds. The zero-order valence-corrected chi connectivity index (χ0v) is 8.84. The fourth-order valence-electron chi connectivity index (χ4n) is 1.41. The first-order valence-corrected chi connectivity index (χ1v) is 5.38. The Balaban J connectivity index is 3.17. The Hall–Kier alpha value is -0.120. The second kappa shape index (κ2) is 9.96. The molecule has 0 fully saturated rings. The van der Waals surface area contributed by atoms with Gasteiger partial charge in [0.15, 0.2) is 0 Å². The fourth-order valence-corrected chi connectivity index (χ4v) is 1.41. The second-order valence-electron chi connectivity index (χ2n) is 3.36. The lowest BCUT2D eigenvalue weighted by molar-refractivity contribution is 0.270. The van der Waals surface area contributed by atoms with Crippen molar-refractivity contribution in [3.63, 3.8) is 0 Å². The van der Waals surface area contributed by atoms with Gasteiger partial charge in [0, 0.05) is 19.7 Å². The van der Waals surface area contributed by atoms with Gasteiger partial charge in [-0.25, -0.2) is 0 Å². The van der Waals surface area contributed by atoms with Gasteiger partial charge in [-0.2, -0.15) is 0 Å². The summed E-state index contributed by atoms with van der Waals surface area (Å²) in [5.74, 6) is 0. The highest BCUT2D eigenvalue weighted by Crippen LogP contribution is 2.00. The standard InChI is InChI=1S/C10H24N2O/c1-2-12(9-7-11)8-5-3-4-6-10-13/h13H,2-11H2,1H3. The van der Waals surface area contributed by atoms with Gasteiger partial charge in [-0.1, -0.05) is 19.8 Å². The molecule has 0 aliphatic rings. The zero-order chi connectivity index (χ0) is 9.94. The maximum atomic E-state index is 8.58. The number of likely N-dealkylation sites (N-methyl/N-ethyl adjacent to an activating group) is 1. The predicted octanol–water partition coefficient (Wildman–Crippen LogP) is 0.820. The molecule has 0 aromatic rings. The van der Waals surface area contributed by atoms with Crippen LogP contribution >= 0.6 is 0 Å². The number of aliphatic hydroxyl groups is 1. The zero-order valence-electron chi connectivity index (χ0n) is 8.84. The van der Waals surface area contributed by atoms with E-state index in [2.05, 4.69) is 11.8 Å². The lowest BCUT2D eigenvalue weighted by Gasteiger charge is -2.18. The van der Waals surface area contributed by atoms with Gasteiger partial charge in [0.1, 0.15) is 0 Å². The Morgan fingerprint density at radius 1 is 1.08 bits per heavy atom. The van der Waals surface area contributed by atoms with Crippen LogP contribution in [0.1, 0.15) is 32.6 Å². The van der Waals surface area contributed by atoms with Crippen molar-refractivity contribution in [2.75, 3.05) is 32.8 Å².